The van der Waals surface area contributed by atoms with E-state index < -0.39 is 127 Å². The van der Waals surface area contributed by atoms with Crippen LogP contribution in [0, 0.1) is 17.8 Å². The van der Waals surface area contributed by atoms with Gasteiger partial charge in [-0.05, 0) is 55.7 Å². The molecule has 2 aromatic rings. The van der Waals surface area contributed by atoms with Crippen LogP contribution in [0.15, 0.2) is 33.5 Å². The number of rotatable bonds is 18. The van der Waals surface area contributed by atoms with Crippen molar-refractivity contribution < 1.29 is 83.0 Å². The molecule has 0 radical (unpaired) electrons. The number of fused-ring (bicyclic) bond motifs is 1. The number of phenols is 1. The van der Waals surface area contributed by atoms with Crippen LogP contribution in [-0.2, 0) is 49.3 Å². The predicted molar refractivity (Wildman–Crippen MR) is 229 cm³/mol. The summed E-state index contributed by atoms with van der Waals surface area (Å²) in [6, 6.07) is 4.05. The average molecular weight is 936 g/mol. The Kier molecular flexibility index (Phi) is 17.9. The number of benzene rings is 1. The maximum atomic E-state index is 13.9. The van der Waals surface area contributed by atoms with E-state index in [1.807, 2.05) is 6.92 Å². The zero-order chi connectivity index (χ0) is 47.8. The maximum Gasteiger partial charge on any atom is 0.336 e. The molecular weight excluding hydrogens is 870 g/mol. The summed E-state index contributed by atoms with van der Waals surface area (Å²) in [6.07, 6.45) is -11.6. The highest BCUT2D eigenvalue weighted by atomic mass is 16.7. The molecule has 1 aromatic heterocycles. The van der Waals surface area contributed by atoms with Gasteiger partial charge >= 0.3 is 11.6 Å². The lowest BCUT2D eigenvalue weighted by Crippen LogP contribution is -2.67. The SMILES string of the molecule is CCC1C[C@H](C(=O)NCCNC(=O)Cc2cc(=O)oc3cc(O)ccc23)C[C@@H](O[C@@H]2OC(CO)[C@H](O)C(O[C@@H](CC3CCCCC3)C(=O)O)C2NC(C)=O)C1OC1O[C@@H](C)C(O)C(O)[C@@H]1O. The fraction of sp³-hybridized carbons (Fsp3) is 0.711. The summed E-state index contributed by atoms with van der Waals surface area (Å²) < 4.78 is 36.2. The summed E-state index contributed by atoms with van der Waals surface area (Å²) >= 11 is 0. The Hall–Kier alpha value is -4.29. The van der Waals surface area contributed by atoms with Crippen LogP contribution in [0.3, 0.4) is 0 Å². The number of nitrogens with one attached hydrogen (secondary N) is 3. The summed E-state index contributed by atoms with van der Waals surface area (Å²) in [5.41, 5.74) is -0.193. The lowest BCUT2D eigenvalue weighted by molar-refractivity contribution is -0.338. The highest BCUT2D eigenvalue weighted by Crippen LogP contribution is 2.40. The van der Waals surface area contributed by atoms with Gasteiger partial charge < -0.3 is 79.8 Å². The fourth-order valence-corrected chi connectivity index (χ4v) is 9.71. The number of aliphatic carboxylic acids is 1. The van der Waals surface area contributed by atoms with Crippen molar-refractivity contribution in [3.63, 3.8) is 0 Å². The summed E-state index contributed by atoms with van der Waals surface area (Å²) in [6.45, 7) is 3.81. The van der Waals surface area contributed by atoms with Gasteiger partial charge in [0.1, 0.15) is 54.0 Å². The summed E-state index contributed by atoms with van der Waals surface area (Å²) in [5, 5.41) is 82.7. The van der Waals surface area contributed by atoms with E-state index in [0.29, 0.717) is 17.4 Å². The second-order valence-corrected chi connectivity index (χ2v) is 18.0. The number of amides is 3. The Morgan fingerprint density at radius 1 is 0.879 bits per heavy atom. The zero-order valence-electron chi connectivity index (χ0n) is 37.4. The van der Waals surface area contributed by atoms with Crippen LogP contribution in [0.5, 0.6) is 5.75 Å². The maximum absolute atomic E-state index is 13.9. The zero-order valence-corrected chi connectivity index (χ0v) is 37.4. The second kappa shape index (κ2) is 23.1. The molecule has 6 rings (SSSR count). The number of aliphatic hydroxyl groups excluding tert-OH is 5. The number of hydrogen-bond acceptors (Lipinski definition) is 17. The van der Waals surface area contributed by atoms with E-state index in [0.717, 1.165) is 32.1 Å². The Morgan fingerprint density at radius 2 is 1.61 bits per heavy atom. The first-order chi connectivity index (χ1) is 31.5. The first-order valence-electron chi connectivity index (χ1n) is 22.9. The molecule has 1 aromatic carbocycles. The topological polar surface area (TPSA) is 322 Å². The van der Waals surface area contributed by atoms with Gasteiger partial charge in [0.05, 0.1) is 31.3 Å². The lowest BCUT2D eigenvalue weighted by Gasteiger charge is -2.49. The van der Waals surface area contributed by atoms with Gasteiger partial charge in [0, 0.05) is 43.5 Å². The van der Waals surface area contributed by atoms with E-state index in [1.54, 1.807) is 0 Å². The van der Waals surface area contributed by atoms with Crippen LogP contribution in [0.1, 0.15) is 84.1 Å². The van der Waals surface area contributed by atoms with Gasteiger partial charge in [-0.25, -0.2) is 9.59 Å². The Balaban J connectivity index is 1.20. The molecule has 2 aliphatic heterocycles. The van der Waals surface area contributed by atoms with Crippen molar-refractivity contribution >= 4 is 34.7 Å². The van der Waals surface area contributed by atoms with E-state index in [-0.39, 0.29) is 56.0 Å². The number of phenolic OH excluding ortho intramolecular Hbond substituents is 1. The summed E-state index contributed by atoms with van der Waals surface area (Å²) in [5.74, 6) is -4.04. The third-order valence-electron chi connectivity index (χ3n) is 13.2. The molecule has 368 valence electrons. The third-order valence-corrected chi connectivity index (χ3v) is 13.2. The molecular formula is C45H65N3O18. The highest BCUT2D eigenvalue weighted by Gasteiger charge is 2.53. The van der Waals surface area contributed by atoms with Crippen molar-refractivity contribution in [2.75, 3.05) is 19.7 Å². The fourth-order valence-electron chi connectivity index (χ4n) is 9.71. The van der Waals surface area contributed by atoms with E-state index in [2.05, 4.69) is 16.0 Å². The number of hydrogen-bond donors (Lipinski definition) is 10. The van der Waals surface area contributed by atoms with Gasteiger partial charge in [0.25, 0.3) is 0 Å². The molecule has 21 nitrogen and oxygen atoms in total. The molecule has 8 unspecified atom stereocenters. The summed E-state index contributed by atoms with van der Waals surface area (Å²) in [7, 11) is 0. The van der Waals surface area contributed by atoms with Crippen LogP contribution in [0.25, 0.3) is 11.0 Å². The predicted octanol–water partition coefficient (Wildman–Crippen LogP) is -0.301. The lowest BCUT2D eigenvalue weighted by atomic mass is 9.75. The van der Waals surface area contributed by atoms with Gasteiger partial charge in [-0.2, -0.15) is 0 Å². The van der Waals surface area contributed by atoms with E-state index in [4.69, 9.17) is 28.1 Å². The Bertz CT molecular complexity index is 2030. The van der Waals surface area contributed by atoms with Crippen LogP contribution in [-0.4, -0.2) is 159 Å². The van der Waals surface area contributed by atoms with Gasteiger partial charge in [-0.1, -0.05) is 45.4 Å². The number of carboxylic acid groups (broad SMARTS) is 1. The highest BCUT2D eigenvalue weighted by molar-refractivity contribution is 5.87. The van der Waals surface area contributed by atoms with Crippen molar-refractivity contribution in [1.29, 1.82) is 0 Å². The van der Waals surface area contributed by atoms with Crippen molar-refractivity contribution in [1.82, 2.24) is 16.0 Å². The molecule has 10 N–H and O–H groups in total. The minimum Gasteiger partial charge on any atom is -0.508 e. The van der Waals surface area contributed by atoms with E-state index >= 15 is 0 Å². The molecule has 66 heavy (non-hydrogen) atoms. The number of carboxylic acids is 1. The minimum absolute atomic E-state index is 0.00606. The quantitative estimate of drug-likeness (QED) is 0.0678. The molecule has 3 amide bonds. The number of carbonyl (C=O) groups is 4. The van der Waals surface area contributed by atoms with Crippen molar-refractivity contribution in [3.8, 4) is 5.75 Å². The van der Waals surface area contributed by atoms with Crippen molar-refractivity contribution in [2.45, 2.75) is 165 Å². The Labute approximate surface area is 381 Å². The van der Waals surface area contributed by atoms with Crippen LogP contribution < -0.4 is 21.6 Å². The molecule has 21 heteroatoms. The third kappa shape index (κ3) is 12.6. The van der Waals surface area contributed by atoms with Gasteiger partial charge in [0.15, 0.2) is 18.7 Å². The molecule has 4 fully saturated rings. The first-order valence-corrected chi connectivity index (χ1v) is 22.9. The van der Waals surface area contributed by atoms with E-state index in [1.165, 1.54) is 38.1 Å². The van der Waals surface area contributed by atoms with Crippen LogP contribution >= 0.6 is 0 Å². The molecule has 0 bridgehead atoms. The normalized spacial score (nSPS) is 33.5. The number of ether oxygens (including phenoxy) is 5. The largest absolute Gasteiger partial charge is 0.508 e. The monoisotopic (exact) mass is 935 g/mol. The van der Waals surface area contributed by atoms with Gasteiger partial charge in [0.2, 0.25) is 17.7 Å². The minimum atomic E-state index is -1.70. The molecule has 0 spiro atoms. The molecule has 15 atom stereocenters. The molecule has 4 aliphatic rings. The second-order valence-electron chi connectivity index (χ2n) is 18.0. The van der Waals surface area contributed by atoms with Gasteiger partial charge in [-0.15, -0.1) is 0 Å². The Morgan fingerprint density at radius 3 is 2.29 bits per heavy atom. The summed E-state index contributed by atoms with van der Waals surface area (Å²) in [4.78, 5) is 64.4. The molecule has 2 saturated carbocycles. The average Bonchev–Trinajstić information content (AvgIpc) is 3.27. The van der Waals surface area contributed by atoms with Crippen LogP contribution in [0.2, 0.25) is 0 Å². The number of carbonyl (C=O) groups excluding carboxylic acids is 3. The smallest absolute Gasteiger partial charge is 0.336 e. The first kappa shape index (κ1) is 51.1. The van der Waals surface area contributed by atoms with Crippen LogP contribution in [0.4, 0.5) is 0 Å². The van der Waals surface area contributed by atoms with Crippen molar-refractivity contribution in [3.05, 3.63) is 40.2 Å². The standard InChI is InChI=1S/C45H65N3O18/c1-4-24-15-26(42(58)47-13-12-46-33(52)17-25-18-34(53)62-29-19-27(51)10-11-28(25)29)16-30(40(24)66-45-39(57)38(56)36(54)21(2)61-45)64-44-35(48-22(3)50)41(37(55)32(20-49)65-44)63-31(43(59)60)14-23-8-6-5-7-9-23/h10-11,18-19,21,23-24,26,30-32,35-41,44-45,49,51,54-57H,4-9,12-17,20H2,1-3H3,(H,46,52)(H,47,58)(H,48,50)(H,59,60)/t21-,24?,26-,30+,31-,32?,35?,36?,37-,38?,39-,40?,41?,44+,45?/m0/s1. The van der Waals surface area contributed by atoms with Gasteiger partial charge in [-0.3, -0.25) is 14.4 Å². The van der Waals surface area contributed by atoms with Crippen molar-refractivity contribution in [2.24, 2.45) is 17.8 Å². The molecule has 2 saturated heterocycles. The number of aliphatic hydroxyl groups is 5. The van der Waals surface area contributed by atoms with E-state index in [9.17, 15) is 59.7 Å². The number of aromatic hydroxyl groups is 1. The molecule has 3 heterocycles. The molecule has 2 aliphatic carbocycles.